The maximum absolute atomic E-state index is 5.44. The molecule has 11 aromatic carbocycles. The fourth-order valence-electron chi connectivity index (χ4n) is 11.4. The van der Waals surface area contributed by atoms with E-state index < -0.39 is 0 Å². The number of nitrogens with zero attached hydrogens (tertiary/aromatic N) is 4. The van der Waals surface area contributed by atoms with E-state index in [0.717, 1.165) is 61.7 Å². The highest BCUT2D eigenvalue weighted by Gasteiger charge is 2.22. The highest BCUT2D eigenvalue weighted by Crippen LogP contribution is 2.44. The lowest BCUT2D eigenvalue weighted by Gasteiger charge is -2.13. The molecule has 3 aromatic heterocycles. The van der Waals surface area contributed by atoms with Gasteiger partial charge in [-0.3, -0.25) is 4.57 Å². The summed E-state index contributed by atoms with van der Waals surface area (Å²) in [7, 11) is 0. The second-order valence-electron chi connectivity index (χ2n) is 18.8. The minimum atomic E-state index is 0.877. The Morgan fingerprint density at radius 2 is 0.903 bits per heavy atom. The van der Waals surface area contributed by atoms with Crippen molar-refractivity contribution in [3.8, 4) is 33.6 Å². The number of rotatable bonds is 7. The number of para-hydroxylation sites is 4. The molecule has 4 heteroatoms. The number of aliphatic imine (C=N–C) groups is 1. The molecule has 4 nitrogen and oxygen atoms in total. The number of fused-ring (bicyclic) bond motifs is 11. The molecule has 0 atom stereocenters. The summed E-state index contributed by atoms with van der Waals surface area (Å²) in [6.45, 7) is 6.74. The Morgan fingerprint density at radius 1 is 0.361 bits per heavy atom. The zero-order valence-corrected chi connectivity index (χ0v) is 39.7. The highest BCUT2D eigenvalue weighted by atomic mass is 15.1. The van der Waals surface area contributed by atoms with Crippen molar-refractivity contribution in [2.45, 2.75) is 6.92 Å². The molecule has 0 radical (unpaired) electrons. The van der Waals surface area contributed by atoms with Crippen molar-refractivity contribution in [2.24, 2.45) is 4.99 Å². The van der Waals surface area contributed by atoms with Crippen molar-refractivity contribution in [2.75, 3.05) is 0 Å². The van der Waals surface area contributed by atoms with Gasteiger partial charge in [0.15, 0.2) is 0 Å². The molecule has 0 aliphatic rings. The van der Waals surface area contributed by atoms with E-state index in [1.165, 1.54) is 76.4 Å². The number of benzene rings is 11. The Morgan fingerprint density at radius 3 is 1.62 bits per heavy atom. The summed E-state index contributed by atoms with van der Waals surface area (Å²) in [5.41, 5.74) is 17.8. The van der Waals surface area contributed by atoms with E-state index in [2.05, 4.69) is 276 Å². The molecule has 14 rings (SSSR count). The summed E-state index contributed by atoms with van der Waals surface area (Å²) in [6.07, 6.45) is 0. The molecule has 0 bridgehead atoms. The molecule has 72 heavy (non-hydrogen) atoms. The third-order valence-corrected chi connectivity index (χ3v) is 14.7. The third kappa shape index (κ3) is 6.57. The predicted molar refractivity (Wildman–Crippen MR) is 306 cm³/mol. The fourth-order valence-corrected chi connectivity index (χ4v) is 11.4. The Bertz CT molecular complexity index is 4520. The van der Waals surface area contributed by atoms with Crippen LogP contribution in [0.5, 0.6) is 0 Å². The van der Waals surface area contributed by atoms with Crippen molar-refractivity contribution < 1.29 is 0 Å². The lowest BCUT2D eigenvalue weighted by Crippen LogP contribution is -2.07. The van der Waals surface area contributed by atoms with Crippen molar-refractivity contribution in [3.63, 3.8) is 0 Å². The molecule has 0 amide bonds. The van der Waals surface area contributed by atoms with Gasteiger partial charge in [0.25, 0.3) is 0 Å². The van der Waals surface area contributed by atoms with E-state index in [4.69, 9.17) is 4.99 Å². The molecule has 3 heterocycles. The van der Waals surface area contributed by atoms with E-state index in [1.807, 2.05) is 0 Å². The summed E-state index contributed by atoms with van der Waals surface area (Å²) in [5, 5.41) is 9.70. The monoisotopic (exact) mass is 918 g/mol. The first-order chi connectivity index (χ1) is 35.6. The largest absolute Gasteiger partial charge is 0.309 e. The average Bonchev–Trinajstić information content (AvgIpc) is 4.09. The summed E-state index contributed by atoms with van der Waals surface area (Å²) in [5.74, 6) is 0.877. The molecule has 0 saturated carbocycles. The minimum absolute atomic E-state index is 0.877. The summed E-state index contributed by atoms with van der Waals surface area (Å²) >= 11 is 0. The highest BCUT2D eigenvalue weighted by molar-refractivity contribution is 6.29. The van der Waals surface area contributed by atoms with Gasteiger partial charge >= 0.3 is 0 Å². The number of hydrogen-bond donors (Lipinski definition) is 0. The molecule has 0 aliphatic carbocycles. The standard InChI is InChI=1S/C68H46N4/c1-44(50-36-35-47-19-6-7-20-51(47)41-50)55-23-8-12-27-60(55)69-45(2)70-61-28-13-9-24-56(61)57-38-37-54(43-66(57)70)72-63-30-15-11-26-59(63)68-65(72)40-39-64-67(68)58-25-10-14-29-62(58)71(64)53-22-16-21-52(42-53)49-33-31-48(32-34-49)46-17-4-3-5-18-46/h3-43H,1H2,2H3. The van der Waals surface area contributed by atoms with E-state index >= 15 is 0 Å². The first-order valence-electron chi connectivity index (χ1n) is 24.6. The van der Waals surface area contributed by atoms with Crippen LogP contribution < -0.4 is 0 Å². The first kappa shape index (κ1) is 41.5. The SMILES string of the molecule is C=C(c1ccc2ccccc2c1)c1ccccc1N=C(C)n1c2ccccc2c2ccc(-n3c4ccccc4c4c5c6ccccc6n(-c6cccc(-c7ccc(-c8ccccc8)cc7)c6)c5ccc43)cc21. The van der Waals surface area contributed by atoms with Gasteiger partial charge in [-0.25, -0.2) is 4.99 Å². The van der Waals surface area contributed by atoms with E-state index in [0.29, 0.717) is 0 Å². The summed E-state index contributed by atoms with van der Waals surface area (Å²) in [6, 6.07) is 89.9. The van der Waals surface area contributed by atoms with Crippen LogP contribution in [0.3, 0.4) is 0 Å². The van der Waals surface area contributed by atoms with Crippen molar-refractivity contribution in [1.82, 2.24) is 13.7 Å². The van der Waals surface area contributed by atoms with E-state index in [9.17, 15) is 0 Å². The summed E-state index contributed by atoms with van der Waals surface area (Å²) in [4.78, 5) is 5.44. The number of aromatic nitrogens is 3. The minimum Gasteiger partial charge on any atom is -0.309 e. The Labute approximate surface area is 416 Å². The molecular formula is C68H46N4. The molecule has 0 N–H and O–H groups in total. The van der Waals surface area contributed by atoms with Crippen molar-refractivity contribution >= 4 is 93.3 Å². The van der Waals surface area contributed by atoms with Crippen LogP contribution in [0.2, 0.25) is 0 Å². The van der Waals surface area contributed by atoms with Crippen LogP contribution in [0.25, 0.3) is 115 Å². The Balaban J connectivity index is 0.918. The molecule has 0 aliphatic heterocycles. The van der Waals surface area contributed by atoms with Crippen LogP contribution in [0, 0.1) is 0 Å². The first-order valence-corrected chi connectivity index (χ1v) is 24.6. The summed E-state index contributed by atoms with van der Waals surface area (Å²) < 4.78 is 7.22. The molecule has 0 spiro atoms. The van der Waals surface area contributed by atoms with Gasteiger partial charge in [-0.2, -0.15) is 0 Å². The average molecular weight is 919 g/mol. The number of hydrogen-bond acceptors (Lipinski definition) is 1. The van der Waals surface area contributed by atoms with Gasteiger partial charge in [0.2, 0.25) is 0 Å². The quantitative estimate of drug-likeness (QED) is 0.113. The van der Waals surface area contributed by atoms with Gasteiger partial charge in [0.1, 0.15) is 5.84 Å². The van der Waals surface area contributed by atoms with Crippen LogP contribution in [0.15, 0.2) is 260 Å². The maximum atomic E-state index is 5.44. The van der Waals surface area contributed by atoms with E-state index in [1.54, 1.807) is 0 Å². The van der Waals surface area contributed by atoms with Crippen molar-refractivity contribution in [3.05, 3.63) is 266 Å². The fraction of sp³-hybridized carbons (Fsp3) is 0.0147. The van der Waals surface area contributed by atoms with Gasteiger partial charge in [0, 0.05) is 49.3 Å². The van der Waals surface area contributed by atoms with Crippen LogP contribution in [-0.2, 0) is 0 Å². The van der Waals surface area contributed by atoms with Crippen LogP contribution >= 0.6 is 0 Å². The normalized spacial score (nSPS) is 12.1. The zero-order chi connectivity index (χ0) is 47.9. The smallest absolute Gasteiger partial charge is 0.111 e. The third-order valence-electron chi connectivity index (χ3n) is 14.7. The van der Waals surface area contributed by atoms with Gasteiger partial charge in [-0.1, -0.05) is 189 Å². The second-order valence-corrected chi connectivity index (χ2v) is 18.8. The van der Waals surface area contributed by atoms with Gasteiger partial charge in [-0.15, -0.1) is 0 Å². The zero-order valence-electron chi connectivity index (χ0n) is 39.7. The molecule has 0 fully saturated rings. The van der Waals surface area contributed by atoms with Gasteiger partial charge in [0.05, 0.1) is 38.8 Å². The molecular weight excluding hydrogens is 873 g/mol. The predicted octanol–water partition coefficient (Wildman–Crippen LogP) is 18.1. The van der Waals surface area contributed by atoms with Crippen LogP contribution in [0.1, 0.15) is 18.1 Å². The van der Waals surface area contributed by atoms with E-state index in [-0.39, 0.29) is 0 Å². The van der Waals surface area contributed by atoms with Crippen LogP contribution in [0.4, 0.5) is 5.69 Å². The molecule has 14 aromatic rings. The van der Waals surface area contributed by atoms with Crippen LogP contribution in [-0.4, -0.2) is 19.5 Å². The van der Waals surface area contributed by atoms with Crippen molar-refractivity contribution in [1.29, 1.82) is 0 Å². The topological polar surface area (TPSA) is 27.1 Å². The Hall–Kier alpha value is -9.51. The molecule has 0 saturated heterocycles. The Kier molecular flexibility index (Phi) is 9.55. The van der Waals surface area contributed by atoms with Gasteiger partial charge < -0.3 is 9.13 Å². The second kappa shape index (κ2) is 16.6. The van der Waals surface area contributed by atoms with Gasteiger partial charge in [-0.05, 0) is 118 Å². The lowest BCUT2D eigenvalue weighted by molar-refractivity contribution is 1.17. The molecule has 0 unspecified atom stereocenters. The molecule has 338 valence electrons. The lowest BCUT2D eigenvalue weighted by atomic mass is 9.96. The maximum Gasteiger partial charge on any atom is 0.111 e.